The highest BCUT2D eigenvalue weighted by atomic mass is 35.5. The number of methoxy groups -OCH3 is 2. The van der Waals surface area contributed by atoms with Crippen LogP contribution in [0, 0.1) is 0 Å². The number of carbonyl (C=O) groups is 1. The zero-order valence-corrected chi connectivity index (χ0v) is 13.3. The number of ether oxygens (including phenoxy) is 2. The molecule has 0 saturated carbocycles. The topological polar surface area (TPSA) is 59.6 Å². The second-order valence-electron chi connectivity index (χ2n) is 5.11. The van der Waals surface area contributed by atoms with E-state index in [0.717, 1.165) is 25.8 Å². The van der Waals surface area contributed by atoms with Crippen LogP contribution in [-0.4, -0.2) is 32.2 Å². The van der Waals surface area contributed by atoms with Gasteiger partial charge in [-0.05, 0) is 25.8 Å². The Bertz CT molecular complexity index is 528. The van der Waals surface area contributed by atoms with Crippen LogP contribution in [0.1, 0.15) is 26.2 Å². The first-order valence-electron chi connectivity index (χ1n) is 7.04. The maximum atomic E-state index is 12.6. The van der Waals surface area contributed by atoms with Crippen molar-refractivity contribution in [3.05, 3.63) is 17.2 Å². The van der Waals surface area contributed by atoms with Crippen molar-refractivity contribution < 1.29 is 14.3 Å². The third kappa shape index (κ3) is 3.09. The monoisotopic (exact) mass is 312 g/mol. The van der Waals surface area contributed by atoms with Gasteiger partial charge in [0.05, 0.1) is 30.5 Å². The molecule has 0 aromatic heterocycles. The first-order valence-corrected chi connectivity index (χ1v) is 7.42. The zero-order valence-electron chi connectivity index (χ0n) is 12.6. The number of hydrogen-bond acceptors (Lipinski definition) is 4. The SMILES string of the molecule is CCC1(C(=O)Nc2cc(OC)c(Cl)cc2OC)CCCN1. The van der Waals surface area contributed by atoms with E-state index in [0.29, 0.717) is 22.2 Å². The summed E-state index contributed by atoms with van der Waals surface area (Å²) in [7, 11) is 3.07. The number of amides is 1. The van der Waals surface area contributed by atoms with E-state index in [1.165, 1.54) is 14.2 Å². The van der Waals surface area contributed by atoms with Gasteiger partial charge >= 0.3 is 0 Å². The van der Waals surface area contributed by atoms with Gasteiger partial charge in [-0.3, -0.25) is 4.79 Å². The van der Waals surface area contributed by atoms with E-state index in [9.17, 15) is 4.79 Å². The first-order chi connectivity index (χ1) is 10.1. The normalized spacial score (nSPS) is 21.1. The van der Waals surface area contributed by atoms with Gasteiger partial charge in [0.2, 0.25) is 5.91 Å². The molecule has 6 heteroatoms. The molecule has 1 saturated heterocycles. The molecule has 1 amide bonds. The average molecular weight is 313 g/mol. The van der Waals surface area contributed by atoms with E-state index in [4.69, 9.17) is 21.1 Å². The molecule has 1 aliphatic heterocycles. The summed E-state index contributed by atoms with van der Waals surface area (Å²) in [5.41, 5.74) is 0.0583. The highest BCUT2D eigenvalue weighted by Crippen LogP contribution is 2.36. The molecule has 2 rings (SSSR count). The Hall–Kier alpha value is -1.46. The van der Waals surface area contributed by atoms with Gasteiger partial charge in [-0.15, -0.1) is 0 Å². The quantitative estimate of drug-likeness (QED) is 0.877. The fourth-order valence-corrected chi connectivity index (χ4v) is 2.89. The average Bonchev–Trinajstić information content (AvgIpc) is 2.98. The number of benzene rings is 1. The fraction of sp³-hybridized carbons (Fsp3) is 0.533. The van der Waals surface area contributed by atoms with Crippen molar-refractivity contribution >= 4 is 23.2 Å². The summed E-state index contributed by atoms with van der Waals surface area (Å²) in [6.07, 6.45) is 2.58. The molecule has 116 valence electrons. The van der Waals surface area contributed by atoms with E-state index in [2.05, 4.69) is 10.6 Å². The molecular weight excluding hydrogens is 292 g/mol. The van der Waals surface area contributed by atoms with E-state index in [1.807, 2.05) is 6.92 Å². The molecule has 0 radical (unpaired) electrons. The Kier molecular flexibility index (Phi) is 4.96. The number of hydrogen-bond donors (Lipinski definition) is 2. The summed E-state index contributed by atoms with van der Waals surface area (Å²) < 4.78 is 10.5. The summed E-state index contributed by atoms with van der Waals surface area (Å²) in [6, 6.07) is 3.31. The lowest BCUT2D eigenvalue weighted by Gasteiger charge is -2.27. The molecule has 1 fully saturated rings. The molecule has 1 atom stereocenters. The first kappa shape index (κ1) is 15.9. The van der Waals surface area contributed by atoms with Gasteiger partial charge in [-0.2, -0.15) is 0 Å². The lowest BCUT2D eigenvalue weighted by molar-refractivity contribution is -0.122. The van der Waals surface area contributed by atoms with Crippen molar-refractivity contribution in [1.29, 1.82) is 0 Å². The predicted molar refractivity (Wildman–Crippen MR) is 83.4 cm³/mol. The van der Waals surface area contributed by atoms with Crippen LogP contribution >= 0.6 is 11.6 Å². The molecule has 0 bridgehead atoms. The molecule has 0 spiro atoms. The van der Waals surface area contributed by atoms with Crippen molar-refractivity contribution in [2.24, 2.45) is 0 Å². The summed E-state index contributed by atoms with van der Waals surface area (Å²) >= 11 is 6.07. The smallest absolute Gasteiger partial charge is 0.244 e. The zero-order chi connectivity index (χ0) is 15.5. The third-order valence-corrected chi connectivity index (χ3v) is 4.30. The van der Waals surface area contributed by atoms with Crippen LogP contribution in [0.2, 0.25) is 5.02 Å². The van der Waals surface area contributed by atoms with Gasteiger partial charge in [-0.25, -0.2) is 0 Å². The Morgan fingerprint density at radius 3 is 2.62 bits per heavy atom. The molecule has 1 aliphatic rings. The maximum absolute atomic E-state index is 12.6. The highest BCUT2D eigenvalue weighted by Gasteiger charge is 2.39. The van der Waals surface area contributed by atoms with Crippen molar-refractivity contribution in [3.63, 3.8) is 0 Å². The molecule has 0 aliphatic carbocycles. The molecule has 5 nitrogen and oxygen atoms in total. The van der Waals surface area contributed by atoms with E-state index >= 15 is 0 Å². The molecule has 1 heterocycles. The highest BCUT2D eigenvalue weighted by molar-refractivity contribution is 6.32. The minimum atomic E-state index is -0.502. The fourth-order valence-electron chi connectivity index (χ4n) is 2.66. The second kappa shape index (κ2) is 6.54. The van der Waals surface area contributed by atoms with Crippen LogP contribution in [0.3, 0.4) is 0 Å². The lowest BCUT2D eigenvalue weighted by Crippen LogP contribution is -2.50. The van der Waals surface area contributed by atoms with E-state index in [-0.39, 0.29) is 5.91 Å². The lowest BCUT2D eigenvalue weighted by atomic mass is 9.93. The Balaban J connectivity index is 2.27. The molecular formula is C15H21ClN2O3. The number of rotatable bonds is 5. The number of halogens is 1. The summed E-state index contributed by atoms with van der Waals surface area (Å²) in [5, 5.41) is 6.68. The Morgan fingerprint density at radius 1 is 1.38 bits per heavy atom. The van der Waals surface area contributed by atoms with Crippen molar-refractivity contribution in [2.45, 2.75) is 31.7 Å². The Labute approximate surface area is 130 Å². The van der Waals surface area contributed by atoms with Crippen LogP contribution in [-0.2, 0) is 4.79 Å². The molecule has 1 aromatic carbocycles. The van der Waals surface area contributed by atoms with Crippen LogP contribution in [0.15, 0.2) is 12.1 Å². The number of anilines is 1. The van der Waals surface area contributed by atoms with Gasteiger partial charge in [0.25, 0.3) is 0 Å². The molecule has 1 aromatic rings. The minimum absolute atomic E-state index is 0.0508. The van der Waals surface area contributed by atoms with Gasteiger partial charge in [0.1, 0.15) is 11.5 Å². The van der Waals surface area contributed by atoms with Gasteiger partial charge in [0.15, 0.2) is 0 Å². The standard InChI is InChI=1S/C15H21ClN2O3/c1-4-15(6-5-7-17-15)14(19)18-11-9-12(20-2)10(16)8-13(11)21-3/h8-9,17H,4-7H2,1-3H3,(H,18,19). The van der Waals surface area contributed by atoms with Crippen LogP contribution < -0.4 is 20.1 Å². The van der Waals surface area contributed by atoms with Gasteiger partial charge in [0, 0.05) is 12.1 Å². The molecule has 1 unspecified atom stereocenters. The summed E-state index contributed by atoms with van der Waals surface area (Å²) in [6.45, 7) is 2.87. The molecule has 2 N–H and O–H groups in total. The van der Waals surface area contributed by atoms with Crippen LogP contribution in [0.5, 0.6) is 11.5 Å². The van der Waals surface area contributed by atoms with Crippen LogP contribution in [0.4, 0.5) is 5.69 Å². The van der Waals surface area contributed by atoms with Gasteiger partial charge in [-0.1, -0.05) is 18.5 Å². The summed E-state index contributed by atoms with van der Waals surface area (Å²) in [5.74, 6) is 0.960. The summed E-state index contributed by atoms with van der Waals surface area (Å²) in [4.78, 5) is 12.6. The number of nitrogens with one attached hydrogen (secondary N) is 2. The Morgan fingerprint density at radius 2 is 2.10 bits per heavy atom. The van der Waals surface area contributed by atoms with E-state index in [1.54, 1.807) is 12.1 Å². The predicted octanol–water partition coefficient (Wildman–Crippen LogP) is 2.83. The largest absolute Gasteiger partial charge is 0.495 e. The van der Waals surface area contributed by atoms with Crippen molar-refractivity contribution in [2.75, 3.05) is 26.1 Å². The van der Waals surface area contributed by atoms with Gasteiger partial charge < -0.3 is 20.1 Å². The maximum Gasteiger partial charge on any atom is 0.244 e. The number of carbonyl (C=O) groups excluding carboxylic acids is 1. The minimum Gasteiger partial charge on any atom is -0.495 e. The van der Waals surface area contributed by atoms with Crippen molar-refractivity contribution in [3.8, 4) is 11.5 Å². The third-order valence-electron chi connectivity index (χ3n) is 4.00. The van der Waals surface area contributed by atoms with Crippen LogP contribution in [0.25, 0.3) is 0 Å². The van der Waals surface area contributed by atoms with E-state index < -0.39 is 5.54 Å². The van der Waals surface area contributed by atoms with Crippen molar-refractivity contribution in [1.82, 2.24) is 5.32 Å². The second-order valence-corrected chi connectivity index (χ2v) is 5.51. The molecule has 21 heavy (non-hydrogen) atoms.